The third-order valence-electron chi connectivity index (χ3n) is 3.09. The highest BCUT2D eigenvalue weighted by molar-refractivity contribution is 7.10. The number of aryl methyl sites for hydroxylation is 1. The topological polar surface area (TPSA) is 57.0 Å². The van der Waals surface area contributed by atoms with E-state index >= 15 is 0 Å². The molecule has 0 saturated carbocycles. The second-order valence-corrected chi connectivity index (χ2v) is 5.31. The molecule has 0 atom stereocenters. The number of rotatable bonds is 3. The second-order valence-electron chi connectivity index (χ2n) is 4.36. The Morgan fingerprint density at radius 3 is 2.90 bits per heavy atom. The first-order valence-electron chi connectivity index (χ1n) is 6.12. The number of fused-ring (bicyclic) bond motifs is 1. The number of carbonyl (C=O) groups excluding carboxylic acids is 1. The van der Waals surface area contributed by atoms with Crippen LogP contribution in [-0.2, 0) is 23.0 Å². The smallest absolute Gasteiger partial charge is 0.312 e. The molecule has 0 aliphatic rings. The minimum atomic E-state index is -0.282. The van der Waals surface area contributed by atoms with Gasteiger partial charge < -0.3 is 9.30 Å². The molecule has 0 aliphatic heterocycles. The molecule has 0 fully saturated rings. The maximum absolute atomic E-state index is 11.3. The van der Waals surface area contributed by atoms with Crippen LogP contribution in [0.1, 0.15) is 5.01 Å². The highest BCUT2D eigenvalue weighted by Gasteiger charge is 2.14. The van der Waals surface area contributed by atoms with E-state index < -0.39 is 0 Å². The van der Waals surface area contributed by atoms with Crippen LogP contribution >= 0.6 is 11.3 Å². The lowest BCUT2D eigenvalue weighted by Gasteiger charge is -1.98. The van der Waals surface area contributed by atoms with Crippen LogP contribution in [0.25, 0.3) is 22.6 Å². The minimum Gasteiger partial charge on any atom is -0.469 e. The maximum Gasteiger partial charge on any atom is 0.312 e. The second kappa shape index (κ2) is 5.05. The lowest BCUT2D eigenvalue weighted by molar-refractivity contribution is -0.139. The molecule has 20 heavy (non-hydrogen) atoms. The van der Waals surface area contributed by atoms with Crippen molar-refractivity contribution in [1.29, 1.82) is 0 Å². The Morgan fingerprint density at radius 2 is 2.15 bits per heavy atom. The van der Waals surface area contributed by atoms with Crippen LogP contribution in [0, 0.1) is 0 Å². The lowest BCUT2D eigenvalue weighted by Crippen LogP contribution is -2.04. The largest absolute Gasteiger partial charge is 0.469 e. The van der Waals surface area contributed by atoms with E-state index in [1.165, 1.54) is 18.4 Å². The molecule has 0 amide bonds. The summed E-state index contributed by atoms with van der Waals surface area (Å²) < 4.78 is 6.65. The molecule has 3 aromatic rings. The number of aromatic nitrogens is 3. The number of carbonyl (C=O) groups is 1. The Balaban J connectivity index is 1.99. The first kappa shape index (κ1) is 12.8. The van der Waals surface area contributed by atoms with Gasteiger partial charge in [-0.3, -0.25) is 4.79 Å². The third-order valence-corrected chi connectivity index (χ3v) is 3.94. The van der Waals surface area contributed by atoms with Crippen molar-refractivity contribution in [3.05, 3.63) is 34.7 Å². The van der Waals surface area contributed by atoms with Crippen molar-refractivity contribution in [1.82, 2.24) is 14.5 Å². The van der Waals surface area contributed by atoms with Crippen molar-refractivity contribution >= 4 is 28.3 Å². The summed E-state index contributed by atoms with van der Waals surface area (Å²) in [7, 11) is 3.34. The Kier molecular flexibility index (Phi) is 3.23. The van der Waals surface area contributed by atoms with Crippen LogP contribution in [0.2, 0.25) is 0 Å². The van der Waals surface area contributed by atoms with Crippen molar-refractivity contribution in [2.24, 2.45) is 7.05 Å². The van der Waals surface area contributed by atoms with E-state index in [9.17, 15) is 4.79 Å². The Bertz CT molecular complexity index is 776. The van der Waals surface area contributed by atoms with Gasteiger partial charge in [-0.2, -0.15) is 0 Å². The number of thiazole rings is 1. The van der Waals surface area contributed by atoms with Gasteiger partial charge in [0.05, 0.1) is 24.6 Å². The number of imidazole rings is 1. The van der Waals surface area contributed by atoms with Crippen LogP contribution in [0.3, 0.4) is 0 Å². The van der Waals surface area contributed by atoms with Gasteiger partial charge in [0.1, 0.15) is 10.7 Å². The molecule has 2 heterocycles. The predicted octanol–water partition coefficient (Wildman–Crippen LogP) is 2.41. The first-order valence-corrected chi connectivity index (χ1v) is 7.00. The Hall–Kier alpha value is -2.21. The first-order chi connectivity index (χ1) is 9.69. The normalized spacial score (nSPS) is 10.9. The number of para-hydroxylation sites is 2. The summed E-state index contributed by atoms with van der Waals surface area (Å²) in [4.78, 5) is 20.3. The highest BCUT2D eigenvalue weighted by Crippen LogP contribution is 2.25. The van der Waals surface area contributed by atoms with E-state index in [0.29, 0.717) is 0 Å². The van der Waals surface area contributed by atoms with Crippen molar-refractivity contribution < 1.29 is 9.53 Å². The molecular weight excluding hydrogens is 274 g/mol. The van der Waals surface area contributed by atoms with Gasteiger partial charge in [0.25, 0.3) is 0 Å². The van der Waals surface area contributed by atoms with E-state index in [1.807, 2.05) is 41.3 Å². The predicted molar refractivity (Wildman–Crippen MR) is 77.5 cm³/mol. The number of esters is 1. The van der Waals surface area contributed by atoms with Crippen molar-refractivity contribution in [2.75, 3.05) is 7.11 Å². The van der Waals surface area contributed by atoms with Gasteiger partial charge in [0.2, 0.25) is 0 Å². The zero-order chi connectivity index (χ0) is 14.1. The summed E-state index contributed by atoms with van der Waals surface area (Å²) >= 11 is 1.44. The average Bonchev–Trinajstić information content (AvgIpc) is 3.04. The molecule has 0 saturated heterocycles. The standard InChI is InChI=1S/C14H13N3O2S/c1-17-11-6-4-3-5-9(11)16-14(17)10-8-20-12(15-10)7-13(18)19-2/h3-6,8H,7H2,1-2H3. The summed E-state index contributed by atoms with van der Waals surface area (Å²) in [5.41, 5.74) is 2.78. The van der Waals surface area contributed by atoms with Crippen molar-refractivity contribution in [3.8, 4) is 11.5 Å². The maximum atomic E-state index is 11.3. The van der Waals surface area contributed by atoms with E-state index in [-0.39, 0.29) is 12.4 Å². The number of benzene rings is 1. The summed E-state index contributed by atoms with van der Waals surface area (Å²) in [5, 5.41) is 2.65. The van der Waals surface area contributed by atoms with Crippen molar-refractivity contribution in [2.45, 2.75) is 6.42 Å². The van der Waals surface area contributed by atoms with Gasteiger partial charge in [-0.25, -0.2) is 9.97 Å². The average molecular weight is 287 g/mol. The molecule has 1 aromatic carbocycles. The molecule has 0 N–H and O–H groups in total. The molecule has 0 unspecified atom stereocenters. The van der Waals surface area contributed by atoms with Crippen LogP contribution in [0.5, 0.6) is 0 Å². The van der Waals surface area contributed by atoms with Crippen LogP contribution in [0.4, 0.5) is 0 Å². The molecule has 3 rings (SSSR count). The molecule has 6 heteroatoms. The van der Waals surface area contributed by atoms with E-state index in [4.69, 9.17) is 0 Å². The lowest BCUT2D eigenvalue weighted by atomic mass is 10.3. The fraction of sp³-hybridized carbons (Fsp3) is 0.214. The van der Waals surface area contributed by atoms with Crippen LogP contribution in [0.15, 0.2) is 29.6 Å². The van der Waals surface area contributed by atoms with E-state index in [0.717, 1.165) is 27.6 Å². The molecule has 0 aliphatic carbocycles. The summed E-state index contributed by atoms with van der Waals surface area (Å²) in [6, 6.07) is 7.94. The van der Waals surface area contributed by atoms with E-state index in [2.05, 4.69) is 14.7 Å². The number of nitrogens with zero attached hydrogens (tertiary/aromatic N) is 3. The molecule has 5 nitrogen and oxygen atoms in total. The fourth-order valence-electron chi connectivity index (χ4n) is 2.07. The van der Waals surface area contributed by atoms with Crippen LogP contribution in [-0.4, -0.2) is 27.6 Å². The molecule has 2 aromatic heterocycles. The van der Waals surface area contributed by atoms with Crippen molar-refractivity contribution in [3.63, 3.8) is 0 Å². The Morgan fingerprint density at radius 1 is 1.35 bits per heavy atom. The summed E-state index contributed by atoms with van der Waals surface area (Å²) in [5.74, 6) is 0.523. The van der Waals surface area contributed by atoms with Crippen LogP contribution < -0.4 is 0 Å². The van der Waals surface area contributed by atoms with Gasteiger partial charge >= 0.3 is 5.97 Å². The molecule has 102 valence electrons. The minimum absolute atomic E-state index is 0.200. The summed E-state index contributed by atoms with van der Waals surface area (Å²) in [6.07, 6.45) is 0.200. The molecule has 0 spiro atoms. The number of ether oxygens (including phenoxy) is 1. The molecule has 0 bridgehead atoms. The number of hydrogen-bond acceptors (Lipinski definition) is 5. The SMILES string of the molecule is COC(=O)Cc1nc(-c2nc3ccccc3n2C)cs1. The quantitative estimate of drug-likeness (QED) is 0.694. The van der Waals surface area contributed by atoms with Gasteiger partial charge in [0.15, 0.2) is 5.82 Å². The highest BCUT2D eigenvalue weighted by atomic mass is 32.1. The molecular formula is C14H13N3O2S. The number of methoxy groups -OCH3 is 1. The van der Waals surface area contributed by atoms with E-state index in [1.54, 1.807) is 0 Å². The van der Waals surface area contributed by atoms with Gasteiger partial charge in [-0.05, 0) is 12.1 Å². The van der Waals surface area contributed by atoms with Gasteiger partial charge in [-0.1, -0.05) is 12.1 Å². The molecule has 0 radical (unpaired) electrons. The number of hydrogen-bond donors (Lipinski definition) is 0. The zero-order valence-corrected chi connectivity index (χ0v) is 12.0. The third kappa shape index (κ3) is 2.18. The van der Waals surface area contributed by atoms with Gasteiger partial charge in [0, 0.05) is 12.4 Å². The monoisotopic (exact) mass is 287 g/mol. The zero-order valence-electron chi connectivity index (χ0n) is 11.2. The Labute approximate surface area is 119 Å². The van der Waals surface area contributed by atoms with Gasteiger partial charge in [-0.15, -0.1) is 11.3 Å². The summed E-state index contributed by atoms with van der Waals surface area (Å²) in [6.45, 7) is 0. The fourth-order valence-corrected chi connectivity index (χ4v) is 2.82.